The lowest BCUT2D eigenvalue weighted by Gasteiger charge is -2.37. The Morgan fingerprint density at radius 1 is 1.00 bits per heavy atom. The van der Waals surface area contributed by atoms with E-state index in [9.17, 15) is 0 Å². The predicted molar refractivity (Wildman–Crippen MR) is 76.0 cm³/mol. The first-order valence-electron chi connectivity index (χ1n) is 8.29. The van der Waals surface area contributed by atoms with Crippen molar-refractivity contribution >= 4 is 0 Å². The van der Waals surface area contributed by atoms with Gasteiger partial charge in [-0.1, -0.05) is 26.2 Å². The lowest BCUT2D eigenvalue weighted by atomic mass is 9.80. The molecule has 0 amide bonds. The second kappa shape index (κ2) is 6.11. The SMILES string of the molecule is CC1CCCCC1CNC1CCC2(CC1)OCCO2. The first-order chi connectivity index (χ1) is 9.27. The summed E-state index contributed by atoms with van der Waals surface area (Å²) in [6.07, 6.45) is 10.3. The zero-order chi connectivity index (χ0) is 13.1. The Labute approximate surface area is 117 Å². The van der Waals surface area contributed by atoms with Crippen LogP contribution >= 0.6 is 0 Å². The van der Waals surface area contributed by atoms with Gasteiger partial charge in [0.05, 0.1) is 13.2 Å². The summed E-state index contributed by atoms with van der Waals surface area (Å²) in [5, 5.41) is 3.82. The van der Waals surface area contributed by atoms with E-state index < -0.39 is 0 Å². The first kappa shape index (κ1) is 13.8. The molecule has 3 aliphatic rings. The van der Waals surface area contributed by atoms with Crippen molar-refractivity contribution in [1.29, 1.82) is 0 Å². The molecule has 3 nitrogen and oxygen atoms in total. The van der Waals surface area contributed by atoms with Gasteiger partial charge in [-0.05, 0) is 37.6 Å². The second-order valence-electron chi connectivity index (χ2n) is 6.81. The molecule has 1 aliphatic heterocycles. The van der Waals surface area contributed by atoms with Crippen molar-refractivity contribution in [1.82, 2.24) is 5.32 Å². The van der Waals surface area contributed by atoms with Crippen LogP contribution in [-0.2, 0) is 9.47 Å². The fraction of sp³-hybridized carbons (Fsp3) is 1.00. The molecule has 0 aromatic carbocycles. The fourth-order valence-corrected chi connectivity index (χ4v) is 4.06. The summed E-state index contributed by atoms with van der Waals surface area (Å²) in [4.78, 5) is 0. The third-order valence-electron chi connectivity index (χ3n) is 5.52. The van der Waals surface area contributed by atoms with E-state index in [0.29, 0.717) is 6.04 Å². The molecule has 2 aliphatic carbocycles. The van der Waals surface area contributed by atoms with Gasteiger partial charge >= 0.3 is 0 Å². The Kier molecular flexibility index (Phi) is 4.45. The van der Waals surface area contributed by atoms with Crippen LogP contribution in [0.4, 0.5) is 0 Å². The molecule has 19 heavy (non-hydrogen) atoms. The van der Waals surface area contributed by atoms with Crippen molar-refractivity contribution in [3.63, 3.8) is 0 Å². The lowest BCUT2D eigenvalue weighted by Crippen LogP contribution is -2.44. The molecule has 0 radical (unpaired) electrons. The summed E-state index contributed by atoms with van der Waals surface area (Å²) in [6.45, 7) is 5.23. The van der Waals surface area contributed by atoms with Crippen LogP contribution in [0.1, 0.15) is 58.3 Å². The average molecular weight is 267 g/mol. The van der Waals surface area contributed by atoms with Gasteiger partial charge in [0.1, 0.15) is 0 Å². The molecule has 0 aromatic heterocycles. The van der Waals surface area contributed by atoms with Crippen LogP contribution < -0.4 is 5.32 Å². The molecule has 2 saturated carbocycles. The molecule has 3 heteroatoms. The van der Waals surface area contributed by atoms with E-state index in [-0.39, 0.29) is 5.79 Å². The molecule has 0 bridgehead atoms. The quantitative estimate of drug-likeness (QED) is 0.852. The Morgan fingerprint density at radius 3 is 2.37 bits per heavy atom. The highest BCUT2D eigenvalue weighted by atomic mass is 16.7. The second-order valence-corrected chi connectivity index (χ2v) is 6.81. The van der Waals surface area contributed by atoms with Crippen molar-refractivity contribution in [2.24, 2.45) is 11.8 Å². The van der Waals surface area contributed by atoms with Crippen molar-refractivity contribution in [3.05, 3.63) is 0 Å². The van der Waals surface area contributed by atoms with Gasteiger partial charge in [-0.25, -0.2) is 0 Å². The first-order valence-corrected chi connectivity index (χ1v) is 8.29. The van der Waals surface area contributed by atoms with E-state index in [1.54, 1.807) is 0 Å². The number of nitrogens with one attached hydrogen (secondary N) is 1. The van der Waals surface area contributed by atoms with Gasteiger partial charge in [0.15, 0.2) is 5.79 Å². The normalized spacial score (nSPS) is 35.8. The molecule has 3 fully saturated rings. The maximum atomic E-state index is 5.79. The van der Waals surface area contributed by atoms with Crippen LogP contribution in [0.5, 0.6) is 0 Å². The smallest absolute Gasteiger partial charge is 0.168 e. The minimum Gasteiger partial charge on any atom is -0.348 e. The predicted octanol–water partition coefficient (Wildman–Crippen LogP) is 3.09. The topological polar surface area (TPSA) is 30.5 Å². The van der Waals surface area contributed by atoms with Gasteiger partial charge in [0, 0.05) is 18.9 Å². The molecule has 1 saturated heterocycles. The summed E-state index contributed by atoms with van der Waals surface area (Å²) >= 11 is 0. The van der Waals surface area contributed by atoms with Gasteiger partial charge < -0.3 is 14.8 Å². The molecule has 1 spiro atoms. The zero-order valence-electron chi connectivity index (χ0n) is 12.3. The zero-order valence-corrected chi connectivity index (χ0v) is 12.3. The molecule has 2 unspecified atom stereocenters. The van der Waals surface area contributed by atoms with Crippen LogP contribution in [0.2, 0.25) is 0 Å². The molecule has 2 atom stereocenters. The summed E-state index contributed by atoms with van der Waals surface area (Å²) in [5.41, 5.74) is 0. The molecule has 0 aromatic rings. The molecule has 1 heterocycles. The van der Waals surface area contributed by atoms with Crippen LogP contribution in [-0.4, -0.2) is 31.6 Å². The maximum Gasteiger partial charge on any atom is 0.168 e. The van der Waals surface area contributed by atoms with Crippen LogP contribution in [0.25, 0.3) is 0 Å². The van der Waals surface area contributed by atoms with Crippen LogP contribution in [0.3, 0.4) is 0 Å². The largest absolute Gasteiger partial charge is 0.348 e. The maximum absolute atomic E-state index is 5.79. The molecular weight excluding hydrogens is 238 g/mol. The minimum atomic E-state index is -0.198. The highest BCUT2D eigenvalue weighted by Gasteiger charge is 2.40. The number of hydrogen-bond acceptors (Lipinski definition) is 3. The van der Waals surface area contributed by atoms with Crippen LogP contribution in [0.15, 0.2) is 0 Å². The van der Waals surface area contributed by atoms with Crippen LogP contribution in [0, 0.1) is 11.8 Å². The van der Waals surface area contributed by atoms with E-state index in [1.807, 2.05) is 0 Å². The molecular formula is C16H29NO2. The summed E-state index contributed by atoms with van der Waals surface area (Å²) < 4.78 is 11.6. The Bertz CT molecular complexity index is 278. The van der Waals surface area contributed by atoms with Crippen molar-refractivity contribution in [2.45, 2.75) is 70.1 Å². The average Bonchev–Trinajstić information content (AvgIpc) is 2.88. The Morgan fingerprint density at radius 2 is 1.68 bits per heavy atom. The third kappa shape index (κ3) is 3.32. The van der Waals surface area contributed by atoms with Gasteiger partial charge in [-0.3, -0.25) is 0 Å². The van der Waals surface area contributed by atoms with E-state index in [1.165, 1.54) is 45.1 Å². The summed E-state index contributed by atoms with van der Waals surface area (Å²) in [7, 11) is 0. The van der Waals surface area contributed by atoms with Crippen molar-refractivity contribution in [2.75, 3.05) is 19.8 Å². The van der Waals surface area contributed by atoms with Crippen molar-refractivity contribution < 1.29 is 9.47 Å². The Balaban J connectivity index is 1.40. The third-order valence-corrected chi connectivity index (χ3v) is 5.52. The monoisotopic (exact) mass is 267 g/mol. The van der Waals surface area contributed by atoms with Gasteiger partial charge in [0.25, 0.3) is 0 Å². The standard InChI is InChI=1S/C16H29NO2/c1-13-4-2-3-5-14(13)12-17-15-6-8-16(9-7-15)18-10-11-19-16/h13-15,17H,2-12H2,1H3. The number of ether oxygens (including phenoxy) is 2. The summed E-state index contributed by atoms with van der Waals surface area (Å²) in [6, 6.07) is 0.688. The van der Waals surface area contributed by atoms with E-state index >= 15 is 0 Å². The molecule has 1 N–H and O–H groups in total. The van der Waals surface area contributed by atoms with E-state index in [2.05, 4.69) is 12.2 Å². The van der Waals surface area contributed by atoms with E-state index in [0.717, 1.165) is 37.9 Å². The fourth-order valence-electron chi connectivity index (χ4n) is 4.06. The minimum absolute atomic E-state index is 0.198. The highest BCUT2D eigenvalue weighted by Crippen LogP contribution is 2.36. The lowest BCUT2D eigenvalue weighted by molar-refractivity contribution is -0.179. The number of hydrogen-bond donors (Lipinski definition) is 1. The highest BCUT2D eigenvalue weighted by molar-refractivity contribution is 4.86. The van der Waals surface area contributed by atoms with Crippen molar-refractivity contribution in [3.8, 4) is 0 Å². The van der Waals surface area contributed by atoms with Gasteiger partial charge in [0.2, 0.25) is 0 Å². The van der Waals surface area contributed by atoms with Gasteiger partial charge in [-0.2, -0.15) is 0 Å². The van der Waals surface area contributed by atoms with E-state index in [4.69, 9.17) is 9.47 Å². The molecule has 110 valence electrons. The Hall–Kier alpha value is -0.120. The molecule has 3 rings (SSSR count). The van der Waals surface area contributed by atoms with Gasteiger partial charge in [-0.15, -0.1) is 0 Å². The number of rotatable bonds is 3. The summed E-state index contributed by atoms with van der Waals surface area (Å²) in [5.74, 6) is 1.62.